The average molecular weight is 361 g/mol. The highest BCUT2D eigenvalue weighted by molar-refractivity contribution is 6.35. The number of carbonyl (C=O) groups excluding carboxylic acids is 1. The lowest BCUT2D eigenvalue weighted by Gasteiger charge is -2.07. The molecular formula is C19H18Cl2N2O. The Balaban J connectivity index is 1.59. The topological polar surface area (TPSA) is 34.0 Å². The maximum Gasteiger partial charge on any atom is 0.224 e. The summed E-state index contributed by atoms with van der Waals surface area (Å²) in [5.74, 6) is 0.0106. The van der Waals surface area contributed by atoms with Gasteiger partial charge in [0.2, 0.25) is 5.91 Å². The Morgan fingerprint density at radius 1 is 1.12 bits per heavy atom. The quantitative estimate of drug-likeness (QED) is 0.719. The average Bonchev–Trinajstić information content (AvgIpc) is 2.86. The number of carbonyl (C=O) groups is 1. The largest absolute Gasteiger partial charge is 0.355 e. The van der Waals surface area contributed by atoms with Crippen molar-refractivity contribution in [3.05, 3.63) is 69.8 Å². The Labute approximate surface area is 151 Å². The lowest BCUT2D eigenvalue weighted by atomic mass is 10.1. The van der Waals surface area contributed by atoms with Crippen molar-refractivity contribution in [3.8, 4) is 0 Å². The number of aryl methyl sites for hydroxylation is 1. The van der Waals surface area contributed by atoms with Gasteiger partial charge < -0.3 is 9.88 Å². The summed E-state index contributed by atoms with van der Waals surface area (Å²) < 4.78 is 2.05. The first kappa shape index (κ1) is 16.9. The van der Waals surface area contributed by atoms with Crippen LogP contribution < -0.4 is 5.32 Å². The molecule has 0 bridgehead atoms. The van der Waals surface area contributed by atoms with Crippen LogP contribution in [-0.4, -0.2) is 17.0 Å². The van der Waals surface area contributed by atoms with Crippen LogP contribution in [0.25, 0.3) is 10.9 Å². The van der Waals surface area contributed by atoms with Crippen molar-refractivity contribution in [1.82, 2.24) is 9.88 Å². The molecule has 5 heteroatoms. The van der Waals surface area contributed by atoms with E-state index in [0.717, 1.165) is 22.0 Å². The van der Waals surface area contributed by atoms with E-state index in [1.54, 1.807) is 12.1 Å². The number of nitrogens with one attached hydrogen (secondary N) is 1. The van der Waals surface area contributed by atoms with E-state index in [-0.39, 0.29) is 5.91 Å². The predicted octanol–water partition coefficient (Wildman–Crippen LogP) is 4.39. The first-order valence-corrected chi connectivity index (χ1v) is 8.54. The van der Waals surface area contributed by atoms with Crippen molar-refractivity contribution in [2.75, 3.05) is 6.54 Å². The van der Waals surface area contributed by atoms with Gasteiger partial charge >= 0.3 is 0 Å². The number of rotatable bonds is 5. The summed E-state index contributed by atoms with van der Waals surface area (Å²) in [6, 6.07) is 13.5. The zero-order chi connectivity index (χ0) is 17.1. The van der Waals surface area contributed by atoms with Gasteiger partial charge in [-0.2, -0.15) is 0 Å². The molecule has 0 aliphatic heterocycles. The van der Waals surface area contributed by atoms with Crippen LogP contribution in [0.5, 0.6) is 0 Å². The van der Waals surface area contributed by atoms with Crippen molar-refractivity contribution in [2.45, 2.75) is 12.8 Å². The minimum absolute atomic E-state index is 0.0106. The molecule has 0 unspecified atom stereocenters. The van der Waals surface area contributed by atoms with Gasteiger partial charge in [0.05, 0.1) is 6.42 Å². The zero-order valence-electron chi connectivity index (χ0n) is 13.4. The molecule has 0 fully saturated rings. The summed E-state index contributed by atoms with van der Waals surface area (Å²) in [7, 11) is 1.99. The highest BCUT2D eigenvalue weighted by Crippen LogP contribution is 2.22. The molecule has 124 valence electrons. The van der Waals surface area contributed by atoms with Crippen LogP contribution in [0.4, 0.5) is 0 Å². The Kier molecular flexibility index (Phi) is 5.12. The minimum Gasteiger partial charge on any atom is -0.355 e. The number of hydrogen-bond donors (Lipinski definition) is 1. The van der Waals surface area contributed by atoms with Gasteiger partial charge in [-0.3, -0.25) is 4.79 Å². The van der Waals surface area contributed by atoms with E-state index in [4.69, 9.17) is 23.2 Å². The number of fused-ring (bicyclic) bond motifs is 1. The molecule has 0 spiro atoms. The second-order valence-corrected chi connectivity index (χ2v) is 6.64. The van der Waals surface area contributed by atoms with Gasteiger partial charge in [-0.05, 0) is 35.7 Å². The first-order chi connectivity index (χ1) is 11.5. The molecule has 24 heavy (non-hydrogen) atoms. The van der Waals surface area contributed by atoms with Gasteiger partial charge in [-0.15, -0.1) is 0 Å². The van der Waals surface area contributed by atoms with Crippen LogP contribution in [-0.2, 0) is 24.7 Å². The van der Waals surface area contributed by atoms with Gasteiger partial charge in [0, 0.05) is 40.7 Å². The summed E-state index contributed by atoms with van der Waals surface area (Å²) in [4.78, 5) is 12.2. The van der Waals surface area contributed by atoms with E-state index in [9.17, 15) is 4.79 Å². The van der Waals surface area contributed by atoms with Crippen molar-refractivity contribution < 1.29 is 4.79 Å². The number of amides is 1. The highest BCUT2D eigenvalue weighted by Gasteiger charge is 2.10. The lowest BCUT2D eigenvalue weighted by molar-refractivity contribution is -0.120. The third-order valence-corrected chi connectivity index (χ3v) is 4.65. The van der Waals surface area contributed by atoms with Gasteiger partial charge in [0.1, 0.15) is 0 Å². The van der Waals surface area contributed by atoms with E-state index < -0.39 is 0 Å². The predicted molar refractivity (Wildman–Crippen MR) is 99.8 cm³/mol. The van der Waals surface area contributed by atoms with Crippen molar-refractivity contribution >= 4 is 40.0 Å². The monoisotopic (exact) mass is 360 g/mol. The standard InChI is InChI=1S/C19H18Cl2N2O/c1-23-12-14(16-4-2-3-5-18(16)23)10-19(24)22-9-8-13-6-7-15(20)11-17(13)21/h2-7,11-12H,8-10H2,1H3,(H,22,24). The lowest BCUT2D eigenvalue weighted by Crippen LogP contribution is -2.27. The van der Waals surface area contributed by atoms with Crippen LogP contribution in [0.1, 0.15) is 11.1 Å². The van der Waals surface area contributed by atoms with Crippen LogP contribution in [0.15, 0.2) is 48.7 Å². The number of halogens is 2. The molecular weight excluding hydrogens is 343 g/mol. The number of hydrogen-bond acceptors (Lipinski definition) is 1. The van der Waals surface area contributed by atoms with Crippen LogP contribution in [0.3, 0.4) is 0 Å². The Morgan fingerprint density at radius 3 is 2.71 bits per heavy atom. The Morgan fingerprint density at radius 2 is 1.92 bits per heavy atom. The molecule has 0 saturated carbocycles. The normalized spacial score (nSPS) is 11.0. The molecule has 0 radical (unpaired) electrons. The summed E-state index contributed by atoms with van der Waals surface area (Å²) in [5, 5.41) is 5.32. The third kappa shape index (κ3) is 3.74. The van der Waals surface area contributed by atoms with Crippen LogP contribution >= 0.6 is 23.2 Å². The molecule has 0 saturated heterocycles. The van der Waals surface area contributed by atoms with E-state index in [2.05, 4.69) is 11.4 Å². The number of aromatic nitrogens is 1. The third-order valence-electron chi connectivity index (χ3n) is 4.06. The van der Waals surface area contributed by atoms with Gasteiger partial charge in [0.25, 0.3) is 0 Å². The van der Waals surface area contributed by atoms with Crippen LogP contribution in [0.2, 0.25) is 10.0 Å². The summed E-state index contributed by atoms with van der Waals surface area (Å²) in [6.07, 6.45) is 3.06. The highest BCUT2D eigenvalue weighted by atomic mass is 35.5. The smallest absolute Gasteiger partial charge is 0.224 e. The fourth-order valence-corrected chi connectivity index (χ4v) is 3.37. The molecule has 1 aromatic heterocycles. The minimum atomic E-state index is 0.0106. The molecule has 3 nitrogen and oxygen atoms in total. The maximum atomic E-state index is 12.2. The van der Waals surface area contributed by atoms with E-state index in [1.807, 2.05) is 42.1 Å². The zero-order valence-corrected chi connectivity index (χ0v) is 14.9. The van der Waals surface area contributed by atoms with Gasteiger partial charge in [-0.25, -0.2) is 0 Å². The molecule has 3 rings (SSSR count). The van der Waals surface area contributed by atoms with E-state index in [1.165, 1.54) is 0 Å². The number of para-hydroxylation sites is 1. The SMILES string of the molecule is Cn1cc(CC(=O)NCCc2ccc(Cl)cc2Cl)c2ccccc21. The van der Waals surface area contributed by atoms with E-state index in [0.29, 0.717) is 29.4 Å². The second-order valence-electron chi connectivity index (χ2n) is 5.79. The summed E-state index contributed by atoms with van der Waals surface area (Å²) in [5.41, 5.74) is 3.15. The van der Waals surface area contributed by atoms with Crippen molar-refractivity contribution in [3.63, 3.8) is 0 Å². The van der Waals surface area contributed by atoms with Gasteiger partial charge in [-0.1, -0.05) is 47.5 Å². The molecule has 2 aromatic carbocycles. The second kappa shape index (κ2) is 7.29. The van der Waals surface area contributed by atoms with Gasteiger partial charge in [0.15, 0.2) is 0 Å². The fraction of sp³-hybridized carbons (Fsp3) is 0.211. The Bertz CT molecular complexity index is 886. The van der Waals surface area contributed by atoms with Crippen LogP contribution in [0, 0.1) is 0 Å². The van der Waals surface area contributed by atoms with E-state index >= 15 is 0 Å². The fourth-order valence-electron chi connectivity index (χ4n) is 2.86. The summed E-state index contributed by atoms with van der Waals surface area (Å²) >= 11 is 12.0. The number of nitrogens with zero attached hydrogens (tertiary/aromatic N) is 1. The maximum absolute atomic E-state index is 12.2. The molecule has 3 aromatic rings. The Hall–Kier alpha value is -1.97. The number of benzene rings is 2. The van der Waals surface area contributed by atoms with Crippen molar-refractivity contribution in [2.24, 2.45) is 7.05 Å². The molecule has 0 aliphatic rings. The molecule has 1 heterocycles. The molecule has 1 N–H and O–H groups in total. The molecule has 0 atom stereocenters. The molecule has 1 amide bonds. The molecule has 0 aliphatic carbocycles. The first-order valence-electron chi connectivity index (χ1n) is 7.78. The summed E-state index contributed by atoms with van der Waals surface area (Å²) in [6.45, 7) is 0.547. The van der Waals surface area contributed by atoms with Crippen molar-refractivity contribution in [1.29, 1.82) is 0 Å².